The normalized spacial score (nSPS) is 24.8. The standard InChI is InChI=1S/C16H22N4O2/c1-2-20-13-6-4-3-5-12(13)19-15(20)9-18-16(22)10-7-11(17)14(21)8-10/h3-6,10-11,14,21H,2,7-9,17H2,1H3,(H,18,22)/t10-,11+,14+/m0/s1. The molecule has 1 aliphatic rings. The summed E-state index contributed by atoms with van der Waals surface area (Å²) in [5.74, 6) is 0.589. The summed E-state index contributed by atoms with van der Waals surface area (Å²) in [5, 5.41) is 12.6. The summed E-state index contributed by atoms with van der Waals surface area (Å²) >= 11 is 0. The van der Waals surface area contributed by atoms with Crippen molar-refractivity contribution in [3.8, 4) is 0 Å². The number of aliphatic hydroxyl groups excluding tert-OH is 1. The number of amides is 1. The number of imidazole rings is 1. The third-order valence-corrected chi connectivity index (χ3v) is 4.42. The summed E-state index contributed by atoms with van der Waals surface area (Å²) in [6.45, 7) is 3.26. The first-order valence-electron chi connectivity index (χ1n) is 7.75. The second kappa shape index (κ2) is 6.06. The molecule has 118 valence electrons. The predicted octanol–water partition coefficient (Wildman–Crippen LogP) is 0.771. The molecule has 1 fully saturated rings. The third-order valence-electron chi connectivity index (χ3n) is 4.42. The molecule has 1 heterocycles. The Morgan fingerprint density at radius 3 is 2.91 bits per heavy atom. The third kappa shape index (κ3) is 2.71. The van der Waals surface area contributed by atoms with Crippen LogP contribution in [0.4, 0.5) is 0 Å². The van der Waals surface area contributed by atoms with Gasteiger partial charge in [-0.2, -0.15) is 0 Å². The van der Waals surface area contributed by atoms with Crippen molar-refractivity contribution in [2.75, 3.05) is 0 Å². The van der Waals surface area contributed by atoms with E-state index in [1.165, 1.54) is 0 Å². The molecule has 22 heavy (non-hydrogen) atoms. The summed E-state index contributed by atoms with van der Waals surface area (Å²) in [4.78, 5) is 16.8. The van der Waals surface area contributed by atoms with Crippen LogP contribution in [-0.4, -0.2) is 32.7 Å². The Balaban J connectivity index is 1.70. The lowest BCUT2D eigenvalue weighted by Crippen LogP contribution is -2.31. The van der Waals surface area contributed by atoms with Gasteiger partial charge in [-0.25, -0.2) is 4.98 Å². The second-order valence-electron chi connectivity index (χ2n) is 5.88. The van der Waals surface area contributed by atoms with Gasteiger partial charge in [0.25, 0.3) is 0 Å². The Bertz CT molecular complexity index is 672. The maximum absolute atomic E-state index is 12.2. The van der Waals surface area contributed by atoms with Crippen molar-refractivity contribution in [1.82, 2.24) is 14.9 Å². The number of para-hydroxylation sites is 2. The minimum atomic E-state index is -0.573. The minimum absolute atomic E-state index is 0.0540. The van der Waals surface area contributed by atoms with Crippen molar-refractivity contribution < 1.29 is 9.90 Å². The summed E-state index contributed by atoms with van der Waals surface area (Å²) in [6, 6.07) is 7.65. The summed E-state index contributed by atoms with van der Waals surface area (Å²) in [6.07, 6.45) is 0.407. The maximum atomic E-state index is 12.2. The number of benzene rings is 1. The molecule has 1 aromatic heterocycles. The molecule has 0 bridgehead atoms. The Labute approximate surface area is 129 Å². The maximum Gasteiger partial charge on any atom is 0.223 e. The van der Waals surface area contributed by atoms with Gasteiger partial charge < -0.3 is 20.7 Å². The van der Waals surface area contributed by atoms with Crippen molar-refractivity contribution in [3.63, 3.8) is 0 Å². The molecule has 0 saturated heterocycles. The fourth-order valence-electron chi connectivity index (χ4n) is 3.19. The van der Waals surface area contributed by atoms with Crippen LogP contribution in [0.5, 0.6) is 0 Å². The van der Waals surface area contributed by atoms with E-state index < -0.39 is 6.10 Å². The van der Waals surface area contributed by atoms with Gasteiger partial charge >= 0.3 is 0 Å². The number of aromatic nitrogens is 2. The highest BCUT2D eigenvalue weighted by Crippen LogP contribution is 2.25. The Hall–Kier alpha value is -1.92. The Kier molecular flexibility index (Phi) is 4.13. The number of fused-ring (bicyclic) bond motifs is 1. The zero-order valence-corrected chi connectivity index (χ0v) is 12.7. The van der Waals surface area contributed by atoms with Gasteiger partial charge in [0, 0.05) is 18.5 Å². The smallest absolute Gasteiger partial charge is 0.223 e. The lowest BCUT2D eigenvalue weighted by Gasteiger charge is -2.11. The van der Waals surface area contributed by atoms with E-state index in [4.69, 9.17) is 5.73 Å². The van der Waals surface area contributed by atoms with E-state index in [9.17, 15) is 9.90 Å². The number of aryl methyl sites for hydroxylation is 1. The Morgan fingerprint density at radius 1 is 1.45 bits per heavy atom. The van der Waals surface area contributed by atoms with Gasteiger partial charge in [0.1, 0.15) is 5.82 Å². The van der Waals surface area contributed by atoms with Crippen LogP contribution >= 0.6 is 0 Å². The quantitative estimate of drug-likeness (QED) is 0.778. The molecule has 6 heteroatoms. The molecule has 1 amide bonds. The molecule has 0 unspecified atom stereocenters. The molecule has 3 atom stereocenters. The molecule has 2 aromatic rings. The van der Waals surface area contributed by atoms with E-state index in [0.29, 0.717) is 19.4 Å². The highest BCUT2D eigenvalue weighted by atomic mass is 16.3. The molecule has 3 rings (SSSR count). The van der Waals surface area contributed by atoms with Crippen molar-refractivity contribution in [1.29, 1.82) is 0 Å². The van der Waals surface area contributed by atoms with Gasteiger partial charge in [-0.3, -0.25) is 4.79 Å². The highest BCUT2D eigenvalue weighted by Gasteiger charge is 2.34. The average molecular weight is 302 g/mol. The number of aliphatic hydroxyl groups is 1. The van der Waals surface area contributed by atoms with E-state index in [1.807, 2.05) is 24.3 Å². The number of carbonyl (C=O) groups excluding carboxylic acids is 1. The number of carbonyl (C=O) groups is 1. The van der Waals surface area contributed by atoms with Gasteiger partial charge in [-0.05, 0) is 31.9 Å². The first-order valence-corrected chi connectivity index (χ1v) is 7.75. The second-order valence-corrected chi connectivity index (χ2v) is 5.88. The summed E-state index contributed by atoms with van der Waals surface area (Å²) in [7, 11) is 0. The molecular formula is C16H22N4O2. The van der Waals surface area contributed by atoms with Crippen LogP contribution in [0.1, 0.15) is 25.6 Å². The van der Waals surface area contributed by atoms with Crippen LogP contribution in [0, 0.1) is 5.92 Å². The van der Waals surface area contributed by atoms with E-state index in [-0.39, 0.29) is 17.9 Å². The summed E-state index contributed by atoms with van der Waals surface area (Å²) < 4.78 is 2.10. The van der Waals surface area contributed by atoms with Crippen LogP contribution in [0.2, 0.25) is 0 Å². The van der Waals surface area contributed by atoms with Crippen molar-refractivity contribution in [2.45, 2.75) is 45.0 Å². The van der Waals surface area contributed by atoms with Crippen molar-refractivity contribution in [2.24, 2.45) is 11.7 Å². The number of nitrogens with zero attached hydrogens (tertiary/aromatic N) is 2. The van der Waals surface area contributed by atoms with Crippen LogP contribution in [0.25, 0.3) is 11.0 Å². The van der Waals surface area contributed by atoms with Gasteiger partial charge in [-0.15, -0.1) is 0 Å². The van der Waals surface area contributed by atoms with Crippen LogP contribution in [0.3, 0.4) is 0 Å². The van der Waals surface area contributed by atoms with Crippen molar-refractivity contribution in [3.05, 3.63) is 30.1 Å². The van der Waals surface area contributed by atoms with Gasteiger partial charge in [0.05, 0.1) is 23.7 Å². The van der Waals surface area contributed by atoms with Gasteiger partial charge in [-0.1, -0.05) is 12.1 Å². The monoisotopic (exact) mass is 302 g/mol. The molecule has 6 nitrogen and oxygen atoms in total. The van der Waals surface area contributed by atoms with Crippen molar-refractivity contribution >= 4 is 16.9 Å². The zero-order valence-electron chi connectivity index (χ0n) is 12.7. The lowest BCUT2D eigenvalue weighted by molar-refractivity contribution is -0.125. The van der Waals surface area contributed by atoms with E-state index in [2.05, 4.69) is 21.8 Å². The van der Waals surface area contributed by atoms with Gasteiger partial charge in [0.2, 0.25) is 5.91 Å². The molecule has 0 spiro atoms. The van der Waals surface area contributed by atoms with Gasteiger partial charge in [0.15, 0.2) is 0 Å². The molecule has 1 saturated carbocycles. The number of hydrogen-bond donors (Lipinski definition) is 3. The number of hydrogen-bond acceptors (Lipinski definition) is 4. The number of nitrogens with two attached hydrogens (primary N) is 1. The number of rotatable bonds is 4. The van der Waals surface area contributed by atoms with E-state index >= 15 is 0 Å². The average Bonchev–Trinajstić information content (AvgIpc) is 3.05. The first kappa shape index (κ1) is 15.0. The highest BCUT2D eigenvalue weighted by molar-refractivity contribution is 5.79. The Morgan fingerprint density at radius 2 is 2.23 bits per heavy atom. The molecule has 1 aliphatic carbocycles. The van der Waals surface area contributed by atoms with Crippen LogP contribution < -0.4 is 11.1 Å². The molecule has 4 N–H and O–H groups in total. The molecule has 1 aromatic carbocycles. The first-order chi connectivity index (χ1) is 10.6. The molecule has 0 aliphatic heterocycles. The fourth-order valence-corrected chi connectivity index (χ4v) is 3.19. The minimum Gasteiger partial charge on any atom is -0.391 e. The summed E-state index contributed by atoms with van der Waals surface area (Å²) in [5.41, 5.74) is 7.78. The lowest BCUT2D eigenvalue weighted by atomic mass is 10.1. The SMILES string of the molecule is CCn1c(CNC(=O)[C@H]2C[C@@H](N)[C@H](O)C2)nc2ccccc21. The van der Waals surface area contributed by atoms with Crippen LogP contribution in [0.15, 0.2) is 24.3 Å². The number of nitrogens with one attached hydrogen (secondary N) is 1. The van der Waals surface area contributed by atoms with Crippen LogP contribution in [-0.2, 0) is 17.9 Å². The zero-order chi connectivity index (χ0) is 15.7. The molecule has 0 radical (unpaired) electrons. The molecular weight excluding hydrogens is 280 g/mol. The van der Waals surface area contributed by atoms with E-state index in [0.717, 1.165) is 23.4 Å². The van der Waals surface area contributed by atoms with E-state index in [1.54, 1.807) is 0 Å². The largest absolute Gasteiger partial charge is 0.391 e. The predicted molar refractivity (Wildman–Crippen MR) is 84.0 cm³/mol. The topological polar surface area (TPSA) is 93.2 Å². The fraction of sp³-hybridized carbons (Fsp3) is 0.500.